The molecule has 6 nitrogen and oxygen atoms in total. The highest BCUT2D eigenvalue weighted by Crippen LogP contribution is 2.46. The van der Waals surface area contributed by atoms with Gasteiger partial charge in [-0.2, -0.15) is 8.42 Å². The van der Waals surface area contributed by atoms with E-state index in [9.17, 15) is 17.2 Å². The van der Waals surface area contributed by atoms with Crippen molar-refractivity contribution in [2.24, 2.45) is 0 Å². The Morgan fingerprint density at radius 3 is 2.33 bits per heavy atom. The van der Waals surface area contributed by atoms with Gasteiger partial charge >= 0.3 is 10.2 Å². The van der Waals surface area contributed by atoms with Crippen LogP contribution in [-0.4, -0.2) is 41.3 Å². The smallest absolute Gasteiger partial charge is 0.331 e. The van der Waals surface area contributed by atoms with E-state index in [2.05, 4.69) is 5.32 Å². The molecular weight excluding hydrogens is 376 g/mol. The second kappa shape index (κ2) is 8.20. The summed E-state index contributed by atoms with van der Waals surface area (Å²) in [5, 5.41) is 3.10. The van der Waals surface area contributed by atoms with Gasteiger partial charge in [-0.05, 0) is 30.8 Å². The lowest BCUT2D eigenvalue weighted by Gasteiger charge is -2.22. The lowest BCUT2D eigenvalue weighted by atomic mass is 10.2. The lowest BCUT2D eigenvalue weighted by molar-refractivity contribution is 0.144. The Kier molecular flexibility index (Phi) is 5.93. The van der Waals surface area contributed by atoms with Crippen molar-refractivity contribution in [3.05, 3.63) is 54.1 Å². The molecule has 0 spiro atoms. The maximum absolute atomic E-state index is 14.3. The van der Waals surface area contributed by atoms with E-state index in [1.807, 2.05) is 6.92 Å². The number of ether oxygens (including phenoxy) is 1. The Labute approximate surface area is 157 Å². The normalized spacial score (nSPS) is 15.2. The molecule has 0 bridgehead atoms. The highest BCUT2D eigenvalue weighted by molar-refractivity contribution is 7.95. The fraction of sp³-hybridized carbons (Fsp3) is 0.333. The van der Waals surface area contributed by atoms with Crippen molar-refractivity contribution < 1.29 is 21.9 Å². The van der Waals surface area contributed by atoms with Crippen LogP contribution in [-0.2, 0) is 14.9 Å². The monoisotopic (exact) mass is 397 g/mol. The number of benzene rings is 2. The van der Waals surface area contributed by atoms with Crippen LogP contribution in [0.15, 0.2) is 42.5 Å². The van der Waals surface area contributed by atoms with Crippen LogP contribution in [0, 0.1) is 11.6 Å². The van der Waals surface area contributed by atoms with Gasteiger partial charge in [-0.3, -0.25) is 0 Å². The molecule has 0 saturated carbocycles. The predicted molar refractivity (Wildman–Crippen MR) is 101 cm³/mol. The topological polar surface area (TPSA) is 61.9 Å². The van der Waals surface area contributed by atoms with Gasteiger partial charge in [0, 0.05) is 6.54 Å². The van der Waals surface area contributed by atoms with E-state index in [-0.39, 0.29) is 18.8 Å². The molecule has 0 aromatic heterocycles. The molecule has 1 aliphatic heterocycles. The van der Waals surface area contributed by atoms with Crippen LogP contribution >= 0.6 is 0 Å². The molecule has 2 aromatic rings. The fourth-order valence-corrected chi connectivity index (χ4v) is 4.63. The number of nitrogens with one attached hydrogen (secondary N) is 1. The maximum atomic E-state index is 14.3. The summed E-state index contributed by atoms with van der Waals surface area (Å²) in [5.74, 6) is -1.89. The molecule has 9 heteroatoms. The Morgan fingerprint density at radius 2 is 1.67 bits per heavy atom. The van der Waals surface area contributed by atoms with Crippen LogP contribution in [0.25, 0.3) is 0 Å². The van der Waals surface area contributed by atoms with Gasteiger partial charge in [0.1, 0.15) is 5.69 Å². The molecule has 0 amide bonds. The quantitative estimate of drug-likeness (QED) is 0.696. The van der Waals surface area contributed by atoms with Crippen molar-refractivity contribution in [1.29, 1.82) is 0 Å². The van der Waals surface area contributed by atoms with Crippen molar-refractivity contribution in [3.63, 3.8) is 0 Å². The Morgan fingerprint density at radius 1 is 1.00 bits per heavy atom. The zero-order chi connectivity index (χ0) is 19.4. The number of anilines is 3. The number of halogens is 2. The zero-order valence-corrected chi connectivity index (χ0v) is 15.7. The molecule has 1 aliphatic rings. The Bertz CT molecular complexity index is 888. The molecule has 2 aromatic carbocycles. The van der Waals surface area contributed by atoms with Crippen molar-refractivity contribution in [3.8, 4) is 0 Å². The Balaban J connectivity index is 1.89. The molecule has 0 fully saturated rings. The first-order valence-corrected chi connectivity index (χ1v) is 10.0. The van der Waals surface area contributed by atoms with E-state index in [1.54, 1.807) is 18.2 Å². The summed E-state index contributed by atoms with van der Waals surface area (Å²) < 4.78 is 62.0. The second-order valence-electron chi connectivity index (χ2n) is 5.87. The highest BCUT2D eigenvalue weighted by Gasteiger charge is 2.43. The molecule has 0 unspecified atom stereocenters. The number of hydrogen-bond acceptors (Lipinski definition) is 4. The van der Waals surface area contributed by atoms with Crippen molar-refractivity contribution >= 4 is 27.3 Å². The molecule has 0 aliphatic carbocycles. The van der Waals surface area contributed by atoms with Crippen LogP contribution < -0.4 is 13.9 Å². The van der Waals surface area contributed by atoms with Crippen LogP contribution in [0.2, 0.25) is 0 Å². The summed E-state index contributed by atoms with van der Waals surface area (Å²) in [6.45, 7) is 4.09. The van der Waals surface area contributed by atoms with Crippen molar-refractivity contribution in [1.82, 2.24) is 5.32 Å². The third-order valence-corrected chi connectivity index (χ3v) is 5.91. The van der Waals surface area contributed by atoms with E-state index in [1.165, 1.54) is 12.1 Å². The number of nitrogens with zero attached hydrogens (tertiary/aromatic N) is 2. The predicted octanol–water partition coefficient (Wildman–Crippen LogP) is 2.79. The van der Waals surface area contributed by atoms with Gasteiger partial charge < -0.3 is 10.1 Å². The molecular formula is C18H21F2N3O3S. The number of fused-ring (bicyclic) bond motifs is 1. The molecule has 0 radical (unpaired) electrons. The second-order valence-corrected chi connectivity index (χ2v) is 7.57. The lowest BCUT2D eigenvalue weighted by Crippen LogP contribution is -2.38. The van der Waals surface area contributed by atoms with Crippen molar-refractivity contribution in [2.75, 3.05) is 41.5 Å². The van der Waals surface area contributed by atoms with Crippen LogP contribution in [0.4, 0.5) is 25.8 Å². The first kappa shape index (κ1) is 19.5. The molecule has 1 heterocycles. The van der Waals surface area contributed by atoms with Crippen LogP contribution in [0.1, 0.15) is 6.92 Å². The molecule has 0 atom stereocenters. The minimum Gasteiger partial charge on any atom is -0.378 e. The van der Waals surface area contributed by atoms with E-state index in [0.29, 0.717) is 23.1 Å². The van der Waals surface area contributed by atoms with Crippen molar-refractivity contribution in [2.45, 2.75) is 6.92 Å². The minimum atomic E-state index is -4.19. The van der Waals surface area contributed by atoms with Gasteiger partial charge in [-0.25, -0.2) is 17.4 Å². The van der Waals surface area contributed by atoms with E-state index in [0.717, 1.165) is 23.0 Å². The summed E-state index contributed by atoms with van der Waals surface area (Å²) in [6.07, 6.45) is 0. The summed E-state index contributed by atoms with van der Waals surface area (Å²) in [6, 6.07) is 9.67. The van der Waals surface area contributed by atoms with E-state index < -0.39 is 27.5 Å². The summed E-state index contributed by atoms with van der Waals surface area (Å²) in [4.78, 5) is 0. The number of rotatable bonds is 8. The largest absolute Gasteiger partial charge is 0.378 e. The fourth-order valence-electron chi connectivity index (χ4n) is 2.92. The third kappa shape index (κ3) is 3.76. The van der Waals surface area contributed by atoms with Gasteiger partial charge in [-0.15, -0.1) is 0 Å². The number of hydrogen-bond donors (Lipinski definition) is 1. The maximum Gasteiger partial charge on any atom is 0.331 e. The standard InChI is InChI=1S/C18H21F2N3O3S/c1-2-21-10-12-26-13-11-22-16-8-3-4-9-17(16)23(27(22,24)25)18-14(19)6-5-7-15(18)20/h3-9,21H,2,10-13H2,1H3. The average molecular weight is 397 g/mol. The summed E-state index contributed by atoms with van der Waals surface area (Å²) >= 11 is 0. The Hall–Kier alpha value is -2.23. The minimum absolute atomic E-state index is 0.0397. The van der Waals surface area contributed by atoms with E-state index in [4.69, 9.17) is 4.74 Å². The average Bonchev–Trinajstić information content (AvgIpc) is 2.85. The number of para-hydroxylation sites is 3. The molecule has 27 heavy (non-hydrogen) atoms. The molecule has 1 N–H and O–H groups in total. The summed E-state index contributed by atoms with van der Waals surface area (Å²) in [7, 11) is -4.19. The molecule has 0 saturated heterocycles. The SMILES string of the molecule is CCNCCOCCN1c2ccccc2N(c2c(F)cccc2F)S1(=O)=O. The highest BCUT2D eigenvalue weighted by atomic mass is 32.2. The van der Waals surface area contributed by atoms with Crippen LogP contribution in [0.5, 0.6) is 0 Å². The first-order chi connectivity index (χ1) is 13.0. The third-order valence-electron chi connectivity index (χ3n) is 4.13. The van der Waals surface area contributed by atoms with E-state index >= 15 is 0 Å². The summed E-state index contributed by atoms with van der Waals surface area (Å²) in [5.41, 5.74) is -0.0508. The van der Waals surface area contributed by atoms with Gasteiger partial charge in [0.15, 0.2) is 11.6 Å². The van der Waals surface area contributed by atoms with Crippen LogP contribution in [0.3, 0.4) is 0 Å². The zero-order valence-electron chi connectivity index (χ0n) is 14.9. The van der Waals surface area contributed by atoms with Gasteiger partial charge in [0.25, 0.3) is 0 Å². The molecule has 146 valence electrons. The first-order valence-electron chi connectivity index (χ1n) is 8.63. The van der Waals surface area contributed by atoms with Gasteiger partial charge in [0.05, 0.1) is 31.1 Å². The molecule has 3 rings (SSSR count). The van der Waals surface area contributed by atoms with Gasteiger partial charge in [-0.1, -0.05) is 25.1 Å². The van der Waals surface area contributed by atoms with Gasteiger partial charge in [0.2, 0.25) is 0 Å². The number of likely N-dealkylation sites (N-methyl/N-ethyl adjacent to an activating group) is 1.